The first-order chi connectivity index (χ1) is 12.8. The summed E-state index contributed by atoms with van der Waals surface area (Å²) in [6, 6.07) is 0. The summed E-state index contributed by atoms with van der Waals surface area (Å²) in [6.45, 7) is 18.4. The van der Waals surface area contributed by atoms with Crippen LogP contribution in [0.25, 0.3) is 0 Å². The van der Waals surface area contributed by atoms with Gasteiger partial charge in [-0.1, -0.05) is 79.1 Å². The second-order valence-electron chi connectivity index (χ2n) is 6.80. The first-order valence-electron chi connectivity index (χ1n) is 10.6. The Balaban J connectivity index is -0.000000492. The third-order valence-corrected chi connectivity index (χ3v) is 10.6. The van der Waals surface area contributed by atoms with Gasteiger partial charge in [0.25, 0.3) is 13.6 Å². The van der Waals surface area contributed by atoms with Crippen molar-refractivity contribution in [3.05, 3.63) is 0 Å². The van der Waals surface area contributed by atoms with Crippen LogP contribution >= 0.6 is 15.8 Å². The van der Waals surface area contributed by atoms with E-state index >= 15 is 0 Å². The Labute approximate surface area is 184 Å². The van der Waals surface area contributed by atoms with Crippen molar-refractivity contribution < 1.29 is 26.1 Å². The number of unbranched alkanes of at least 4 members (excludes halogenated alkanes) is 6. The Hall–Kier alpha value is 0.694. The standard InChI is InChI=1S/C20H44P2.2CO.Ni/c1-5-9-11-13-17-21(15-7-3)19-20-22(16-8-4)18-14-12-10-6-2;2*1-2;/h5-20H2,1-4H3;;;. The van der Waals surface area contributed by atoms with Crippen molar-refractivity contribution in [1.29, 1.82) is 0 Å². The van der Waals surface area contributed by atoms with Gasteiger partial charge in [-0.3, -0.25) is 9.59 Å². The molecule has 0 N–H and O–H groups in total. The van der Waals surface area contributed by atoms with E-state index in [0.29, 0.717) is 15.8 Å². The molecule has 2 unspecified atom stereocenters. The zero-order valence-corrected chi connectivity index (χ0v) is 21.1. The molecule has 0 aromatic rings. The minimum absolute atomic E-state index is 0. The maximum Gasteiger partial charge on any atom is 0.281 e. The molecule has 0 rings (SSSR count). The molecule has 0 saturated carbocycles. The first kappa shape index (κ1) is 35.2. The van der Waals surface area contributed by atoms with Gasteiger partial charge >= 0.3 is 0 Å². The fourth-order valence-corrected chi connectivity index (χ4v) is 9.32. The van der Waals surface area contributed by atoms with Gasteiger partial charge in [-0.25, -0.2) is 0 Å². The monoisotopic (exact) mass is 460 g/mol. The van der Waals surface area contributed by atoms with Crippen molar-refractivity contribution in [2.24, 2.45) is 0 Å². The van der Waals surface area contributed by atoms with E-state index in [1.165, 1.54) is 64.2 Å². The summed E-state index contributed by atoms with van der Waals surface area (Å²) in [5.74, 6) is 0. The molecule has 0 saturated heterocycles. The number of hydrogen-bond acceptors (Lipinski definition) is 2. The minimum atomic E-state index is 0. The van der Waals surface area contributed by atoms with Crippen LogP contribution in [0.15, 0.2) is 0 Å². The van der Waals surface area contributed by atoms with Crippen molar-refractivity contribution in [2.45, 2.75) is 91.9 Å². The molecular formula is C22H44NiO2P2. The summed E-state index contributed by atoms with van der Waals surface area (Å²) in [4.78, 5) is 15.0. The van der Waals surface area contributed by atoms with Crippen molar-refractivity contribution in [2.75, 3.05) is 37.0 Å². The van der Waals surface area contributed by atoms with E-state index in [2.05, 4.69) is 41.3 Å². The normalized spacial score (nSPS) is 11.9. The zero-order chi connectivity index (χ0) is 20.5. The van der Waals surface area contributed by atoms with E-state index in [9.17, 15) is 0 Å². The van der Waals surface area contributed by atoms with Gasteiger partial charge in [-0.2, -0.15) is 0 Å². The molecule has 164 valence electrons. The number of carbonyl (C=O) groups excluding carboxylic acids is 2. The van der Waals surface area contributed by atoms with E-state index in [0.717, 1.165) is 0 Å². The molecule has 2 nitrogen and oxygen atoms in total. The van der Waals surface area contributed by atoms with Crippen LogP contribution in [0.4, 0.5) is 0 Å². The van der Waals surface area contributed by atoms with Crippen LogP contribution in [0.1, 0.15) is 91.9 Å². The second kappa shape index (κ2) is 34.2. The molecule has 0 aliphatic rings. The summed E-state index contributed by atoms with van der Waals surface area (Å²) in [6.07, 6.45) is 24.0. The van der Waals surface area contributed by atoms with E-state index in [-0.39, 0.29) is 16.5 Å². The molecule has 0 amide bonds. The predicted octanol–water partition coefficient (Wildman–Crippen LogP) is 7.13. The third kappa shape index (κ3) is 29.0. The molecule has 0 spiro atoms. The molecule has 0 heterocycles. The van der Waals surface area contributed by atoms with Crippen LogP contribution in [0.3, 0.4) is 0 Å². The van der Waals surface area contributed by atoms with Gasteiger partial charge in [0.05, 0.1) is 0 Å². The summed E-state index contributed by atoms with van der Waals surface area (Å²) in [5, 5.41) is 0. The Morgan fingerprint density at radius 1 is 0.444 bits per heavy atom. The fraction of sp³-hybridized carbons (Fsp3) is 0.909. The first-order valence-corrected chi connectivity index (χ1v) is 14.4. The molecule has 0 bridgehead atoms. The van der Waals surface area contributed by atoms with Gasteiger partial charge in [-0.15, -0.1) is 15.8 Å². The Bertz CT molecular complexity index is 222. The third-order valence-electron chi connectivity index (χ3n) is 4.47. The van der Waals surface area contributed by atoms with E-state index in [1.54, 1.807) is 37.0 Å². The van der Waals surface area contributed by atoms with Crippen LogP contribution in [-0.4, -0.2) is 50.5 Å². The van der Waals surface area contributed by atoms with Crippen molar-refractivity contribution in [1.82, 2.24) is 0 Å². The van der Waals surface area contributed by atoms with Crippen LogP contribution in [0, 0.1) is 0 Å². The van der Waals surface area contributed by atoms with E-state index in [4.69, 9.17) is 9.59 Å². The summed E-state index contributed by atoms with van der Waals surface area (Å²) < 4.78 is 0. The molecule has 0 aliphatic carbocycles. The molecule has 4 radical (unpaired) electrons. The molecule has 0 aromatic carbocycles. The van der Waals surface area contributed by atoms with Gasteiger partial charge in [-0.05, 0) is 49.8 Å². The van der Waals surface area contributed by atoms with Crippen LogP contribution in [0.5, 0.6) is 0 Å². The topological polar surface area (TPSA) is 34.1 Å². The van der Waals surface area contributed by atoms with Gasteiger partial charge in [0.2, 0.25) is 0 Å². The Kier molecular flexibility index (Phi) is 44.5. The zero-order valence-electron chi connectivity index (χ0n) is 18.3. The van der Waals surface area contributed by atoms with Crippen LogP contribution in [0.2, 0.25) is 0 Å². The molecule has 0 aromatic heterocycles. The molecular weight excluding hydrogens is 417 g/mol. The minimum Gasteiger partial charge on any atom is -0.281 e. The van der Waals surface area contributed by atoms with Crippen molar-refractivity contribution in [3.8, 4) is 0 Å². The summed E-state index contributed by atoms with van der Waals surface area (Å²) in [7, 11) is 0.748. The average molecular weight is 461 g/mol. The number of rotatable bonds is 17. The van der Waals surface area contributed by atoms with Crippen LogP contribution < -0.4 is 0 Å². The predicted molar refractivity (Wildman–Crippen MR) is 123 cm³/mol. The molecule has 0 aliphatic heterocycles. The van der Waals surface area contributed by atoms with Gasteiger partial charge < -0.3 is 0 Å². The summed E-state index contributed by atoms with van der Waals surface area (Å²) >= 11 is 0. The second-order valence-corrected chi connectivity index (χ2v) is 12.2. The SMILES string of the molecule is CCCCCCP(CCC)CCP(CCC)CCCCCC.[C]=O.[C]=O.[Ni]. The quantitative estimate of drug-likeness (QED) is 0.131. The average Bonchev–Trinajstić information content (AvgIpc) is 2.69. The number of hydrogen-bond donors (Lipinski definition) is 0. The Morgan fingerprint density at radius 2 is 0.778 bits per heavy atom. The Morgan fingerprint density at radius 3 is 1.04 bits per heavy atom. The molecule has 2 atom stereocenters. The summed E-state index contributed by atoms with van der Waals surface area (Å²) in [5.41, 5.74) is 0. The van der Waals surface area contributed by atoms with Gasteiger partial charge in [0.1, 0.15) is 0 Å². The maximum absolute atomic E-state index is 7.50. The van der Waals surface area contributed by atoms with Gasteiger partial charge in [0.15, 0.2) is 0 Å². The van der Waals surface area contributed by atoms with Gasteiger partial charge in [0, 0.05) is 16.5 Å². The largest absolute Gasteiger partial charge is 0.281 e. The van der Waals surface area contributed by atoms with E-state index in [1.807, 2.05) is 0 Å². The van der Waals surface area contributed by atoms with Crippen LogP contribution in [-0.2, 0) is 26.1 Å². The maximum atomic E-state index is 7.50. The molecule has 5 heteroatoms. The molecule has 0 fully saturated rings. The smallest absolute Gasteiger partial charge is 0.281 e. The fourth-order valence-electron chi connectivity index (χ4n) is 3.11. The molecule has 27 heavy (non-hydrogen) atoms. The van der Waals surface area contributed by atoms with Crippen molar-refractivity contribution in [3.63, 3.8) is 0 Å². The van der Waals surface area contributed by atoms with Crippen molar-refractivity contribution >= 4 is 29.4 Å². The van der Waals surface area contributed by atoms with E-state index < -0.39 is 0 Å².